The van der Waals surface area contributed by atoms with Gasteiger partial charge in [0.2, 0.25) is 11.8 Å². The highest BCUT2D eigenvalue weighted by Crippen LogP contribution is 2.17. The minimum absolute atomic E-state index is 0.217. The molecule has 1 saturated heterocycles. The van der Waals surface area contributed by atoms with Crippen LogP contribution in [0.1, 0.15) is 23.2 Å². The Labute approximate surface area is 92.6 Å². The molecule has 2 amide bonds. The maximum atomic E-state index is 11.9. The van der Waals surface area contributed by atoms with Gasteiger partial charge in [0.1, 0.15) is 5.92 Å². The van der Waals surface area contributed by atoms with Gasteiger partial charge in [-0.2, -0.15) is 0 Å². The zero-order valence-electron chi connectivity index (χ0n) is 8.60. The average molecular weight is 217 g/mol. The summed E-state index contributed by atoms with van der Waals surface area (Å²) < 4.78 is 0. The van der Waals surface area contributed by atoms with Crippen LogP contribution >= 0.6 is 0 Å². The van der Waals surface area contributed by atoms with Crippen molar-refractivity contribution in [3.63, 3.8) is 0 Å². The maximum Gasteiger partial charge on any atom is 0.237 e. The van der Waals surface area contributed by atoms with E-state index < -0.39 is 11.8 Å². The molecule has 1 fully saturated rings. The Kier molecular flexibility index (Phi) is 2.81. The van der Waals surface area contributed by atoms with E-state index in [4.69, 9.17) is 0 Å². The van der Waals surface area contributed by atoms with Crippen molar-refractivity contribution in [2.45, 2.75) is 12.8 Å². The summed E-state index contributed by atoms with van der Waals surface area (Å²) in [5.41, 5.74) is 0.511. The number of imide groups is 1. The Balaban J connectivity index is 2.17. The normalized spacial score (nSPS) is 20.4. The number of ketones is 1. The van der Waals surface area contributed by atoms with Gasteiger partial charge in [-0.15, -0.1) is 0 Å². The second kappa shape index (κ2) is 4.26. The minimum Gasteiger partial charge on any atom is -0.296 e. The molecule has 1 aliphatic heterocycles. The number of benzene rings is 1. The van der Waals surface area contributed by atoms with E-state index in [2.05, 4.69) is 5.32 Å². The summed E-state index contributed by atoms with van der Waals surface area (Å²) in [5.74, 6) is -1.72. The van der Waals surface area contributed by atoms with E-state index in [1.165, 1.54) is 0 Å². The molecule has 2 rings (SSSR count). The third-order valence-electron chi connectivity index (χ3n) is 2.61. The zero-order valence-corrected chi connectivity index (χ0v) is 8.60. The molecule has 0 bridgehead atoms. The van der Waals surface area contributed by atoms with Crippen molar-refractivity contribution in [3.8, 4) is 0 Å². The number of hydrogen-bond donors (Lipinski definition) is 1. The van der Waals surface area contributed by atoms with Crippen molar-refractivity contribution < 1.29 is 14.4 Å². The van der Waals surface area contributed by atoms with Gasteiger partial charge in [0, 0.05) is 12.0 Å². The lowest BCUT2D eigenvalue weighted by Crippen LogP contribution is -2.43. The summed E-state index contributed by atoms with van der Waals surface area (Å²) in [7, 11) is 0. The highest BCUT2D eigenvalue weighted by Gasteiger charge is 2.32. The SMILES string of the molecule is O=C1CCC(C(=O)c2ccccc2)C(=O)N1. The van der Waals surface area contributed by atoms with Crippen molar-refractivity contribution in [1.82, 2.24) is 5.32 Å². The van der Waals surface area contributed by atoms with Crippen LogP contribution in [0.3, 0.4) is 0 Å². The Morgan fingerprint density at radius 3 is 2.50 bits per heavy atom. The van der Waals surface area contributed by atoms with Gasteiger partial charge >= 0.3 is 0 Å². The van der Waals surface area contributed by atoms with Crippen LogP contribution in [-0.4, -0.2) is 17.6 Å². The summed E-state index contributed by atoms with van der Waals surface area (Å²) in [6.07, 6.45) is 0.535. The molecule has 1 unspecified atom stereocenters. The highest BCUT2D eigenvalue weighted by molar-refractivity contribution is 6.14. The number of amides is 2. The van der Waals surface area contributed by atoms with Crippen molar-refractivity contribution in [1.29, 1.82) is 0 Å². The van der Waals surface area contributed by atoms with Crippen LogP contribution in [0.25, 0.3) is 0 Å². The molecule has 1 aliphatic rings. The van der Waals surface area contributed by atoms with E-state index in [1.807, 2.05) is 0 Å². The lowest BCUT2D eigenvalue weighted by atomic mass is 9.90. The predicted octanol–water partition coefficient (Wildman–Crippen LogP) is 0.922. The molecule has 4 nitrogen and oxygen atoms in total. The summed E-state index contributed by atoms with van der Waals surface area (Å²) >= 11 is 0. The lowest BCUT2D eigenvalue weighted by molar-refractivity contribution is -0.135. The predicted molar refractivity (Wildman–Crippen MR) is 56.6 cm³/mol. The molecule has 4 heteroatoms. The van der Waals surface area contributed by atoms with Gasteiger partial charge in [-0.25, -0.2) is 0 Å². The molecule has 1 heterocycles. The molecular formula is C12H11NO3. The third-order valence-corrected chi connectivity index (χ3v) is 2.61. The van der Waals surface area contributed by atoms with E-state index in [0.29, 0.717) is 12.0 Å². The Hall–Kier alpha value is -1.97. The highest BCUT2D eigenvalue weighted by atomic mass is 16.2. The van der Waals surface area contributed by atoms with E-state index in [9.17, 15) is 14.4 Å². The Morgan fingerprint density at radius 2 is 1.88 bits per heavy atom. The molecule has 16 heavy (non-hydrogen) atoms. The number of Topliss-reactive ketones (excluding diaryl/α,β-unsaturated/α-hetero) is 1. The minimum atomic E-state index is -0.722. The quantitative estimate of drug-likeness (QED) is 0.455. The first kappa shape index (κ1) is 10.5. The standard InChI is InChI=1S/C12H11NO3/c14-10-7-6-9(12(16)13-10)11(15)8-4-2-1-3-5-8/h1-5,9H,6-7H2,(H,13,14,16). The molecule has 1 aromatic rings. The molecule has 0 saturated carbocycles. The first-order valence-electron chi connectivity index (χ1n) is 5.11. The van der Waals surface area contributed by atoms with Gasteiger partial charge in [0.25, 0.3) is 0 Å². The first-order valence-corrected chi connectivity index (χ1v) is 5.11. The zero-order chi connectivity index (χ0) is 11.5. The molecule has 1 aromatic carbocycles. The molecule has 0 aliphatic carbocycles. The fraction of sp³-hybridized carbons (Fsp3) is 0.250. The number of hydrogen-bond acceptors (Lipinski definition) is 3. The summed E-state index contributed by atoms with van der Waals surface area (Å²) in [6, 6.07) is 8.65. The van der Waals surface area contributed by atoms with Crippen molar-refractivity contribution >= 4 is 17.6 Å². The number of carbonyl (C=O) groups excluding carboxylic acids is 3. The van der Waals surface area contributed by atoms with E-state index in [0.717, 1.165) is 0 Å². The number of carbonyl (C=O) groups is 3. The Morgan fingerprint density at radius 1 is 1.19 bits per heavy atom. The molecule has 0 radical (unpaired) electrons. The van der Waals surface area contributed by atoms with Crippen LogP contribution in [0.15, 0.2) is 30.3 Å². The topological polar surface area (TPSA) is 63.2 Å². The van der Waals surface area contributed by atoms with Gasteiger partial charge < -0.3 is 0 Å². The number of nitrogens with one attached hydrogen (secondary N) is 1. The summed E-state index contributed by atoms with van der Waals surface area (Å²) in [4.78, 5) is 34.3. The van der Waals surface area contributed by atoms with Gasteiger partial charge in [-0.05, 0) is 6.42 Å². The van der Waals surface area contributed by atoms with Crippen LogP contribution in [0, 0.1) is 5.92 Å². The molecule has 0 spiro atoms. The molecule has 1 atom stereocenters. The monoisotopic (exact) mass is 217 g/mol. The van der Waals surface area contributed by atoms with Gasteiger partial charge in [0.15, 0.2) is 5.78 Å². The first-order chi connectivity index (χ1) is 7.68. The second-order valence-corrected chi connectivity index (χ2v) is 3.73. The van der Waals surface area contributed by atoms with Gasteiger partial charge in [-0.3, -0.25) is 19.7 Å². The van der Waals surface area contributed by atoms with Gasteiger partial charge in [0.05, 0.1) is 0 Å². The molecular weight excluding hydrogens is 206 g/mol. The van der Waals surface area contributed by atoms with Crippen LogP contribution < -0.4 is 5.32 Å². The van der Waals surface area contributed by atoms with Crippen LogP contribution in [0.2, 0.25) is 0 Å². The fourth-order valence-corrected chi connectivity index (χ4v) is 1.75. The van der Waals surface area contributed by atoms with Gasteiger partial charge in [-0.1, -0.05) is 30.3 Å². The van der Waals surface area contributed by atoms with E-state index in [1.54, 1.807) is 30.3 Å². The van der Waals surface area contributed by atoms with Crippen molar-refractivity contribution in [2.75, 3.05) is 0 Å². The van der Waals surface area contributed by atoms with Crippen LogP contribution in [-0.2, 0) is 9.59 Å². The molecule has 0 aromatic heterocycles. The summed E-state index contributed by atoms with van der Waals surface area (Å²) in [6.45, 7) is 0. The number of rotatable bonds is 2. The van der Waals surface area contributed by atoms with Crippen molar-refractivity contribution in [2.24, 2.45) is 5.92 Å². The third kappa shape index (κ3) is 2.00. The Bertz CT molecular complexity index is 439. The maximum absolute atomic E-state index is 11.9. The van der Waals surface area contributed by atoms with E-state index >= 15 is 0 Å². The van der Waals surface area contributed by atoms with Crippen LogP contribution in [0.4, 0.5) is 0 Å². The van der Waals surface area contributed by atoms with Crippen LogP contribution in [0.5, 0.6) is 0 Å². The summed E-state index contributed by atoms with van der Waals surface area (Å²) in [5, 5.41) is 2.18. The largest absolute Gasteiger partial charge is 0.296 e. The molecule has 1 N–H and O–H groups in total. The number of piperidine rings is 1. The fourth-order valence-electron chi connectivity index (χ4n) is 1.75. The van der Waals surface area contributed by atoms with E-state index in [-0.39, 0.29) is 18.1 Å². The van der Waals surface area contributed by atoms with Crippen molar-refractivity contribution in [3.05, 3.63) is 35.9 Å². The average Bonchev–Trinajstić information content (AvgIpc) is 2.29. The second-order valence-electron chi connectivity index (χ2n) is 3.73. The smallest absolute Gasteiger partial charge is 0.237 e. The molecule has 82 valence electrons. The lowest BCUT2D eigenvalue weighted by Gasteiger charge is -2.19.